The van der Waals surface area contributed by atoms with Crippen LogP contribution in [-0.4, -0.2) is 5.91 Å². The van der Waals surface area contributed by atoms with Gasteiger partial charge in [-0.3, -0.25) is 9.69 Å². The lowest BCUT2D eigenvalue weighted by atomic mass is 9.98. The molecule has 152 valence electrons. The number of hydrogen-bond acceptors (Lipinski definition) is 2. The Morgan fingerprint density at radius 1 is 0.742 bits per heavy atom. The number of amides is 1. The van der Waals surface area contributed by atoms with E-state index in [2.05, 4.69) is 66.4 Å². The van der Waals surface area contributed by atoms with Crippen molar-refractivity contribution in [1.82, 2.24) is 0 Å². The maximum Gasteiger partial charge on any atom is 0.262 e. The first-order chi connectivity index (χ1) is 15.2. The minimum atomic E-state index is -0.245. The molecule has 1 atom stereocenters. The van der Waals surface area contributed by atoms with Crippen molar-refractivity contribution in [3.63, 3.8) is 0 Å². The molecule has 3 heteroatoms. The first kappa shape index (κ1) is 19.1. The summed E-state index contributed by atoms with van der Waals surface area (Å²) in [6, 6.07) is 36.8. The molecule has 4 aromatic rings. The Kier molecular flexibility index (Phi) is 5.01. The van der Waals surface area contributed by atoms with Crippen molar-refractivity contribution < 1.29 is 4.79 Å². The summed E-state index contributed by atoms with van der Waals surface area (Å²) in [6.45, 7) is 2.80. The van der Waals surface area contributed by atoms with Crippen LogP contribution in [0, 0.1) is 6.92 Å². The van der Waals surface area contributed by atoms with Crippen LogP contribution in [0.5, 0.6) is 0 Å². The van der Waals surface area contributed by atoms with E-state index < -0.39 is 0 Å². The van der Waals surface area contributed by atoms with Crippen LogP contribution in [-0.2, 0) is 6.54 Å². The van der Waals surface area contributed by atoms with Gasteiger partial charge in [-0.05, 0) is 42.3 Å². The molecule has 1 heterocycles. The van der Waals surface area contributed by atoms with Crippen molar-refractivity contribution in [3.05, 3.63) is 131 Å². The van der Waals surface area contributed by atoms with Crippen LogP contribution < -0.4 is 9.80 Å². The second kappa shape index (κ2) is 8.11. The quantitative estimate of drug-likeness (QED) is 0.395. The van der Waals surface area contributed by atoms with Crippen molar-refractivity contribution in [2.45, 2.75) is 19.6 Å². The molecular formula is C28H24N2O. The largest absolute Gasteiger partial charge is 0.342 e. The van der Waals surface area contributed by atoms with Gasteiger partial charge in [0.15, 0.2) is 0 Å². The number of carbonyl (C=O) groups excluding carboxylic acids is 1. The highest BCUT2D eigenvalue weighted by atomic mass is 16.2. The number of nitrogens with zero attached hydrogens (tertiary/aromatic N) is 2. The highest BCUT2D eigenvalue weighted by Gasteiger charge is 2.39. The van der Waals surface area contributed by atoms with Crippen LogP contribution in [0.2, 0.25) is 0 Å². The molecule has 5 rings (SSSR count). The fraction of sp³-hybridized carbons (Fsp3) is 0.107. The minimum absolute atomic E-state index is 0.0256. The smallest absolute Gasteiger partial charge is 0.262 e. The molecule has 0 radical (unpaired) electrons. The van der Waals surface area contributed by atoms with E-state index in [0.717, 1.165) is 22.5 Å². The van der Waals surface area contributed by atoms with Gasteiger partial charge in [-0.1, -0.05) is 90.5 Å². The van der Waals surface area contributed by atoms with Crippen LogP contribution >= 0.6 is 0 Å². The number of aryl methyl sites for hydroxylation is 1. The molecular weight excluding hydrogens is 380 g/mol. The van der Waals surface area contributed by atoms with E-state index in [1.54, 1.807) is 0 Å². The van der Waals surface area contributed by atoms with Gasteiger partial charge in [-0.2, -0.15) is 0 Å². The van der Waals surface area contributed by atoms with Crippen LogP contribution in [0.15, 0.2) is 109 Å². The summed E-state index contributed by atoms with van der Waals surface area (Å²) < 4.78 is 0. The molecule has 0 spiro atoms. The molecule has 3 nitrogen and oxygen atoms in total. The average Bonchev–Trinajstić information content (AvgIpc) is 2.82. The van der Waals surface area contributed by atoms with E-state index in [-0.39, 0.29) is 12.1 Å². The Morgan fingerprint density at radius 3 is 2.16 bits per heavy atom. The molecule has 0 unspecified atom stereocenters. The summed E-state index contributed by atoms with van der Waals surface area (Å²) in [6.07, 6.45) is -0.245. The monoisotopic (exact) mass is 404 g/mol. The lowest BCUT2D eigenvalue weighted by molar-refractivity contribution is 0.0968. The van der Waals surface area contributed by atoms with Crippen LogP contribution in [0.25, 0.3) is 0 Å². The van der Waals surface area contributed by atoms with E-state index in [4.69, 9.17) is 0 Å². The predicted octanol–water partition coefficient (Wildman–Crippen LogP) is 6.36. The van der Waals surface area contributed by atoms with Gasteiger partial charge in [0, 0.05) is 12.2 Å². The van der Waals surface area contributed by atoms with Gasteiger partial charge >= 0.3 is 0 Å². The Labute approximate surface area is 183 Å². The molecule has 0 N–H and O–H groups in total. The maximum absolute atomic E-state index is 13.8. The summed E-state index contributed by atoms with van der Waals surface area (Å²) in [5.41, 5.74) is 6.07. The van der Waals surface area contributed by atoms with Crippen LogP contribution in [0.1, 0.15) is 33.2 Å². The van der Waals surface area contributed by atoms with Gasteiger partial charge in [0.2, 0.25) is 0 Å². The van der Waals surface area contributed by atoms with Gasteiger partial charge < -0.3 is 4.90 Å². The van der Waals surface area contributed by atoms with Crippen molar-refractivity contribution >= 4 is 17.3 Å². The van der Waals surface area contributed by atoms with Gasteiger partial charge in [-0.25, -0.2) is 0 Å². The minimum Gasteiger partial charge on any atom is -0.342 e. The number of anilines is 2. The second-order valence-electron chi connectivity index (χ2n) is 7.93. The summed E-state index contributed by atoms with van der Waals surface area (Å²) in [5, 5.41) is 0. The fourth-order valence-electron chi connectivity index (χ4n) is 4.38. The summed E-state index contributed by atoms with van der Waals surface area (Å²) in [4.78, 5) is 18.1. The molecule has 1 aliphatic rings. The Balaban J connectivity index is 1.73. The lowest BCUT2D eigenvalue weighted by Crippen LogP contribution is -2.49. The normalized spacial score (nSPS) is 15.6. The van der Waals surface area contributed by atoms with E-state index in [9.17, 15) is 4.79 Å². The molecule has 31 heavy (non-hydrogen) atoms. The topological polar surface area (TPSA) is 23.6 Å². The summed E-state index contributed by atoms with van der Waals surface area (Å²) >= 11 is 0. The number of carbonyl (C=O) groups is 1. The Bertz CT molecular complexity index is 1200. The van der Waals surface area contributed by atoms with Crippen molar-refractivity contribution in [1.29, 1.82) is 0 Å². The molecule has 4 aromatic carbocycles. The zero-order valence-corrected chi connectivity index (χ0v) is 17.5. The summed E-state index contributed by atoms with van der Waals surface area (Å²) in [5.74, 6) is 0.0256. The van der Waals surface area contributed by atoms with Crippen molar-refractivity contribution in [2.24, 2.45) is 0 Å². The highest BCUT2D eigenvalue weighted by molar-refractivity contribution is 6.12. The molecule has 1 aliphatic heterocycles. The van der Waals surface area contributed by atoms with Gasteiger partial charge in [0.05, 0.1) is 11.3 Å². The van der Waals surface area contributed by atoms with E-state index in [1.165, 1.54) is 11.1 Å². The van der Waals surface area contributed by atoms with Crippen molar-refractivity contribution in [2.75, 3.05) is 9.80 Å². The van der Waals surface area contributed by atoms with Crippen molar-refractivity contribution in [3.8, 4) is 0 Å². The molecule has 0 bridgehead atoms. The third-order valence-electron chi connectivity index (χ3n) is 5.77. The molecule has 0 aromatic heterocycles. The first-order valence-corrected chi connectivity index (χ1v) is 10.6. The highest BCUT2D eigenvalue weighted by Crippen LogP contribution is 2.42. The number of para-hydroxylation sites is 2. The number of hydrogen-bond donors (Lipinski definition) is 0. The molecule has 0 fully saturated rings. The zero-order chi connectivity index (χ0) is 21.2. The number of fused-ring (bicyclic) bond motifs is 1. The van der Waals surface area contributed by atoms with Gasteiger partial charge in [-0.15, -0.1) is 0 Å². The standard InChI is InChI=1S/C28H24N2O/c1-21-11-10-14-23(19-21)27-29(20-22-12-4-2-5-13-22)26-18-9-8-17-25(26)28(31)30(27)24-15-6-3-7-16-24/h2-19,27H,20H2,1H3/t27-/m1/s1. The molecule has 1 amide bonds. The zero-order valence-electron chi connectivity index (χ0n) is 17.5. The first-order valence-electron chi connectivity index (χ1n) is 10.6. The van der Waals surface area contributed by atoms with Crippen LogP contribution in [0.4, 0.5) is 11.4 Å². The predicted molar refractivity (Wildman–Crippen MR) is 126 cm³/mol. The second-order valence-corrected chi connectivity index (χ2v) is 7.93. The van der Waals surface area contributed by atoms with E-state index >= 15 is 0 Å². The number of benzene rings is 4. The fourth-order valence-corrected chi connectivity index (χ4v) is 4.38. The molecule has 0 saturated carbocycles. The third kappa shape index (κ3) is 3.59. The lowest BCUT2D eigenvalue weighted by Gasteiger charge is -2.46. The molecule has 0 aliphatic carbocycles. The van der Waals surface area contributed by atoms with Gasteiger partial charge in [0.25, 0.3) is 5.91 Å². The SMILES string of the molecule is Cc1cccc([C@@H]2N(Cc3ccccc3)c3ccccc3C(=O)N2c2ccccc2)c1. The average molecular weight is 405 g/mol. The summed E-state index contributed by atoms with van der Waals surface area (Å²) in [7, 11) is 0. The Morgan fingerprint density at radius 2 is 1.42 bits per heavy atom. The maximum atomic E-state index is 13.8. The van der Waals surface area contributed by atoms with Crippen LogP contribution in [0.3, 0.4) is 0 Å². The third-order valence-corrected chi connectivity index (χ3v) is 5.77. The van der Waals surface area contributed by atoms with E-state index in [0.29, 0.717) is 6.54 Å². The molecule has 0 saturated heterocycles. The Hall–Kier alpha value is -3.85. The van der Waals surface area contributed by atoms with Gasteiger partial charge in [0.1, 0.15) is 6.17 Å². The number of rotatable bonds is 4. The van der Waals surface area contributed by atoms with E-state index in [1.807, 2.05) is 59.5 Å².